The van der Waals surface area contributed by atoms with Crippen molar-refractivity contribution < 1.29 is 24.1 Å². The zero-order valence-electron chi connectivity index (χ0n) is 13.7. The highest BCUT2D eigenvalue weighted by Crippen LogP contribution is 2.47. The third-order valence-electron chi connectivity index (χ3n) is 4.14. The van der Waals surface area contributed by atoms with Gasteiger partial charge < -0.3 is 19.3 Å². The maximum atomic E-state index is 12.6. The highest BCUT2D eigenvalue weighted by Gasteiger charge is 2.30. The summed E-state index contributed by atoms with van der Waals surface area (Å²) in [4.78, 5) is 12.6. The number of phenolic OH excluding ortho intramolecular Hbond substituents is 1. The number of hydrogen-bond donors (Lipinski definition) is 1. The second kappa shape index (κ2) is 5.19. The summed E-state index contributed by atoms with van der Waals surface area (Å²) in [5.74, 6) is 1.32. The molecule has 0 fully saturated rings. The van der Waals surface area contributed by atoms with Crippen molar-refractivity contribution >= 4 is 5.97 Å². The van der Waals surface area contributed by atoms with Crippen LogP contribution in [0.25, 0.3) is 0 Å². The van der Waals surface area contributed by atoms with Crippen LogP contribution in [0.3, 0.4) is 0 Å². The number of phenols is 1. The van der Waals surface area contributed by atoms with Gasteiger partial charge in [0.15, 0.2) is 11.5 Å². The first-order chi connectivity index (χ1) is 10.8. The molecule has 1 heterocycles. The third kappa shape index (κ3) is 2.20. The minimum absolute atomic E-state index is 0.0645. The topological polar surface area (TPSA) is 65.0 Å². The van der Waals surface area contributed by atoms with Crippen LogP contribution in [0, 0.1) is 27.7 Å². The quantitative estimate of drug-likeness (QED) is 0.637. The first kappa shape index (κ1) is 15.2. The number of carbonyl (C=O) groups is 1. The second-order valence-electron chi connectivity index (χ2n) is 5.71. The molecule has 120 valence electrons. The summed E-state index contributed by atoms with van der Waals surface area (Å²) in [6.45, 7) is 7.11. The minimum Gasteiger partial charge on any atom is -0.508 e. The van der Waals surface area contributed by atoms with E-state index in [1.165, 1.54) is 0 Å². The lowest BCUT2D eigenvalue weighted by Gasteiger charge is -2.16. The number of aromatic hydroxyl groups is 1. The molecule has 0 unspecified atom stereocenters. The van der Waals surface area contributed by atoms with E-state index in [4.69, 9.17) is 14.2 Å². The maximum Gasteiger partial charge on any atom is 0.347 e. The Morgan fingerprint density at radius 2 is 1.61 bits per heavy atom. The molecule has 0 amide bonds. The molecule has 0 aliphatic carbocycles. The lowest BCUT2D eigenvalue weighted by atomic mass is 10.0. The summed E-state index contributed by atoms with van der Waals surface area (Å²) in [7, 11) is 1.57. The van der Waals surface area contributed by atoms with Crippen LogP contribution in [-0.4, -0.2) is 18.2 Å². The third-order valence-corrected chi connectivity index (χ3v) is 4.14. The van der Waals surface area contributed by atoms with Crippen LogP contribution >= 0.6 is 0 Å². The lowest BCUT2D eigenvalue weighted by Crippen LogP contribution is -2.10. The second-order valence-corrected chi connectivity index (χ2v) is 5.71. The number of ether oxygens (including phenoxy) is 3. The lowest BCUT2D eigenvalue weighted by molar-refractivity contribution is 0.0735. The normalized spacial score (nSPS) is 12.7. The van der Waals surface area contributed by atoms with Gasteiger partial charge in [0.25, 0.3) is 0 Å². The molecule has 0 bridgehead atoms. The van der Waals surface area contributed by atoms with Crippen molar-refractivity contribution in [2.45, 2.75) is 27.7 Å². The number of rotatable bonds is 1. The molecule has 3 rings (SSSR count). The van der Waals surface area contributed by atoms with Crippen molar-refractivity contribution in [1.82, 2.24) is 0 Å². The van der Waals surface area contributed by atoms with Gasteiger partial charge in [-0.05, 0) is 51.0 Å². The molecule has 1 N–H and O–H groups in total. The van der Waals surface area contributed by atoms with Gasteiger partial charge in [0.05, 0.1) is 7.11 Å². The van der Waals surface area contributed by atoms with Crippen LogP contribution in [0.5, 0.6) is 28.7 Å². The fourth-order valence-corrected chi connectivity index (χ4v) is 2.79. The van der Waals surface area contributed by atoms with Crippen molar-refractivity contribution in [2.75, 3.05) is 7.11 Å². The van der Waals surface area contributed by atoms with E-state index in [-0.39, 0.29) is 11.5 Å². The van der Waals surface area contributed by atoms with Crippen LogP contribution in [-0.2, 0) is 0 Å². The molecule has 0 radical (unpaired) electrons. The Morgan fingerprint density at radius 3 is 2.26 bits per heavy atom. The van der Waals surface area contributed by atoms with E-state index in [9.17, 15) is 9.90 Å². The molecule has 0 aromatic heterocycles. The van der Waals surface area contributed by atoms with Gasteiger partial charge in [-0.15, -0.1) is 0 Å². The first-order valence-corrected chi connectivity index (χ1v) is 7.26. The minimum atomic E-state index is -0.505. The molecule has 1 aliphatic heterocycles. The molecule has 0 saturated carbocycles. The van der Waals surface area contributed by atoms with E-state index in [1.807, 2.05) is 6.92 Å². The monoisotopic (exact) mass is 314 g/mol. The summed E-state index contributed by atoms with van der Waals surface area (Å²) in [6, 6.07) is 3.38. The van der Waals surface area contributed by atoms with Gasteiger partial charge in [-0.2, -0.15) is 0 Å². The van der Waals surface area contributed by atoms with Crippen molar-refractivity contribution in [1.29, 1.82) is 0 Å². The van der Waals surface area contributed by atoms with Gasteiger partial charge in [-0.1, -0.05) is 0 Å². The van der Waals surface area contributed by atoms with Gasteiger partial charge in [0.2, 0.25) is 0 Å². The zero-order valence-corrected chi connectivity index (χ0v) is 13.7. The Kier molecular flexibility index (Phi) is 3.43. The van der Waals surface area contributed by atoms with E-state index in [0.29, 0.717) is 39.5 Å². The summed E-state index contributed by atoms with van der Waals surface area (Å²) in [5, 5.41) is 9.98. The Hall–Kier alpha value is -2.69. The molecule has 0 spiro atoms. The fourth-order valence-electron chi connectivity index (χ4n) is 2.79. The number of aryl methyl sites for hydroxylation is 2. The molecule has 1 aliphatic rings. The van der Waals surface area contributed by atoms with Crippen molar-refractivity contribution in [3.05, 3.63) is 39.9 Å². The largest absolute Gasteiger partial charge is 0.508 e. The molecule has 0 saturated heterocycles. The summed E-state index contributed by atoms with van der Waals surface area (Å²) in [6.07, 6.45) is 0. The number of esters is 1. The molecular formula is C18H18O5. The van der Waals surface area contributed by atoms with Gasteiger partial charge in [-0.3, -0.25) is 0 Å². The SMILES string of the molecule is COc1cc(C)c2c(c1C)Oc1c(C)cc(O)c(C)c1OC2=O. The first-order valence-electron chi connectivity index (χ1n) is 7.26. The smallest absolute Gasteiger partial charge is 0.347 e. The van der Waals surface area contributed by atoms with E-state index in [0.717, 1.165) is 5.56 Å². The molecule has 2 aromatic rings. The van der Waals surface area contributed by atoms with E-state index < -0.39 is 5.97 Å². The number of fused-ring (bicyclic) bond motifs is 2. The van der Waals surface area contributed by atoms with Crippen LogP contribution in [0.4, 0.5) is 0 Å². The fraction of sp³-hybridized carbons (Fsp3) is 0.278. The predicted molar refractivity (Wildman–Crippen MR) is 85.1 cm³/mol. The Bertz CT molecular complexity index is 836. The number of benzene rings is 2. The molecule has 0 atom stereocenters. The summed E-state index contributed by atoms with van der Waals surface area (Å²) < 4.78 is 16.9. The summed E-state index contributed by atoms with van der Waals surface area (Å²) in [5.41, 5.74) is 2.96. The van der Waals surface area contributed by atoms with Gasteiger partial charge in [0.1, 0.15) is 22.8 Å². The van der Waals surface area contributed by atoms with Crippen molar-refractivity contribution in [2.24, 2.45) is 0 Å². The van der Waals surface area contributed by atoms with Crippen LogP contribution < -0.4 is 14.2 Å². The van der Waals surface area contributed by atoms with Crippen molar-refractivity contribution in [3.63, 3.8) is 0 Å². The van der Waals surface area contributed by atoms with Crippen LogP contribution in [0.15, 0.2) is 12.1 Å². The molecular weight excluding hydrogens is 296 g/mol. The predicted octanol–water partition coefficient (Wildman–Crippen LogP) is 3.96. The molecule has 5 heteroatoms. The maximum absolute atomic E-state index is 12.6. The number of carbonyl (C=O) groups excluding carboxylic acids is 1. The molecule has 5 nitrogen and oxygen atoms in total. The van der Waals surface area contributed by atoms with Gasteiger partial charge in [-0.25, -0.2) is 4.79 Å². The number of methoxy groups -OCH3 is 1. The standard InChI is InChI=1S/C18H18O5/c1-8-7-13(21-5)11(4)16-14(8)18(20)23-17-10(3)12(19)6-9(2)15(17)22-16/h6-7,19H,1-5H3. The average Bonchev–Trinajstić information content (AvgIpc) is 2.66. The Balaban J connectivity index is 2.33. The Morgan fingerprint density at radius 1 is 0.913 bits per heavy atom. The highest BCUT2D eigenvalue weighted by molar-refractivity contribution is 5.98. The summed E-state index contributed by atoms with van der Waals surface area (Å²) >= 11 is 0. The van der Waals surface area contributed by atoms with Crippen LogP contribution in [0.2, 0.25) is 0 Å². The molecule has 23 heavy (non-hydrogen) atoms. The highest BCUT2D eigenvalue weighted by atomic mass is 16.6. The number of hydrogen-bond acceptors (Lipinski definition) is 5. The zero-order chi connectivity index (χ0) is 16.9. The molecule has 2 aromatic carbocycles. The van der Waals surface area contributed by atoms with Crippen LogP contribution in [0.1, 0.15) is 32.6 Å². The van der Waals surface area contributed by atoms with E-state index in [2.05, 4.69) is 0 Å². The van der Waals surface area contributed by atoms with E-state index in [1.54, 1.807) is 40.0 Å². The van der Waals surface area contributed by atoms with Crippen molar-refractivity contribution in [3.8, 4) is 28.7 Å². The average molecular weight is 314 g/mol. The van der Waals surface area contributed by atoms with Gasteiger partial charge in [0, 0.05) is 11.1 Å². The Labute approximate surface area is 134 Å². The van der Waals surface area contributed by atoms with Gasteiger partial charge >= 0.3 is 5.97 Å². The van der Waals surface area contributed by atoms with E-state index >= 15 is 0 Å².